The fourth-order valence-electron chi connectivity index (χ4n) is 1.22. The van der Waals surface area contributed by atoms with Crippen LogP contribution in [0.5, 0.6) is 5.75 Å². The molecule has 1 aromatic rings. The average Bonchev–Trinajstić information content (AvgIpc) is 2.36. The molecule has 17 heavy (non-hydrogen) atoms. The summed E-state index contributed by atoms with van der Waals surface area (Å²) < 4.78 is 5.29. The van der Waals surface area contributed by atoms with Gasteiger partial charge in [-0.15, -0.1) is 0 Å². The zero-order valence-corrected chi connectivity index (χ0v) is 10.1. The Kier molecular flexibility index (Phi) is 5.02. The van der Waals surface area contributed by atoms with Crippen LogP contribution in [0.3, 0.4) is 0 Å². The summed E-state index contributed by atoms with van der Waals surface area (Å²) in [6, 6.07) is 8.90. The first-order valence-corrected chi connectivity index (χ1v) is 5.58. The van der Waals surface area contributed by atoms with E-state index >= 15 is 0 Å². The van der Waals surface area contributed by atoms with Crippen LogP contribution in [0, 0.1) is 11.3 Å². The van der Waals surface area contributed by atoms with Crippen molar-refractivity contribution in [2.45, 2.75) is 26.3 Å². The van der Waals surface area contributed by atoms with Crippen LogP contribution in [0.2, 0.25) is 0 Å². The predicted molar refractivity (Wildman–Crippen MR) is 64.5 cm³/mol. The first-order valence-electron chi connectivity index (χ1n) is 5.58. The van der Waals surface area contributed by atoms with E-state index in [1.54, 1.807) is 24.3 Å². The molecule has 0 aliphatic carbocycles. The highest BCUT2D eigenvalue weighted by molar-refractivity contribution is 5.77. The van der Waals surface area contributed by atoms with Gasteiger partial charge in [0.05, 0.1) is 11.6 Å². The summed E-state index contributed by atoms with van der Waals surface area (Å²) in [4.78, 5) is 11.4. The average molecular weight is 232 g/mol. The van der Waals surface area contributed by atoms with Crippen molar-refractivity contribution in [3.63, 3.8) is 0 Å². The fourth-order valence-corrected chi connectivity index (χ4v) is 1.22. The number of nitrogens with zero attached hydrogens (tertiary/aromatic N) is 1. The molecule has 4 nitrogen and oxygen atoms in total. The SMILES string of the molecule is CCC(C)NC(=O)COc1cccc(C#N)c1. The first kappa shape index (κ1) is 13.0. The van der Waals surface area contributed by atoms with E-state index in [1.165, 1.54) is 0 Å². The van der Waals surface area contributed by atoms with Gasteiger partial charge >= 0.3 is 0 Å². The number of benzene rings is 1. The minimum atomic E-state index is -0.151. The molecule has 4 heteroatoms. The van der Waals surface area contributed by atoms with Gasteiger partial charge in [0.1, 0.15) is 5.75 Å². The van der Waals surface area contributed by atoms with Crippen molar-refractivity contribution in [3.05, 3.63) is 29.8 Å². The monoisotopic (exact) mass is 232 g/mol. The third-order valence-electron chi connectivity index (χ3n) is 2.35. The Morgan fingerprint density at radius 1 is 1.59 bits per heavy atom. The Morgan fingerprint density at radius 3 is 3.00 bits per heavy atom. The van der Waals surface area contributed by atoms with Crippen LogP contribution in [0.25, 0.3) is 0 Å². The minimum Gasteiger partial charge on any atom is -0.484 e. The molecule has 0 aliphatic heterocycles. The summed E-state index contributed by atoms with van der Waals surface area (Å²) in [5.74, 6) is 0.380. The summed E-state index contributed by atoms with van der Waals surface area (Å²) >= 11 is 0. The molecule has 0 radical (unpaired) electrons. The van der Waals surface area contributed by atoms with Crippen LogP contribution in [-0.4, -0.2) is 18.6 Å². The van der Waals surface area contributed by atoms with Gasteiger partial charge in [-0.2, -0.15) is 5.26 Å². The molecule has 0 fully saturated rings. The summed E-state index contributed by atoms with van der Waals surface area (Å²) in [7, 11) is 0. The number of nitriles is 1. The molecule has 0 saturated carbocycles. The predicted octanol–water partition coefficient (Wildman–Crippen LogP) is 1.85. The molecule has 0 saturated heterocycles. The molecule has 1 atom stereocenters. The fraction of sp³-hybridized carbons (Fsp3) is 0.385. The molecule has 0 aromatic heterocycles. The van der Waals surface area contributed by atoms with E-state index in [1.807, 2.05) is 19.9 Å². The second-order valence-corrected chi connectivity index (χ2v) is 3.81. The molecule has 1 N–H and O–H groups in total. The summed E-state index contributed by atoms with van der Waals surface area (Å²) in [6.07, 6.45) is 0.885. The van der Waals surface area contributed by atoms with Crippen LogP contribution >= 0.6 is 0 Å². The van der Waals surface area contributed by atoms with Crippen LogP contribution in [0.15, 0.2) is 24.3 Å². The quantitative estimate of drug-likeness (QED) is 0.842. The number of hydrogen-bond acceptors (Lipinski definition) is 3. The Hall–Kier alpha value is -2.02. The molecule has 0 spiro atoms. The smallest absolute Gasteiger partial charge is 0.258 e. The third-order valence-corrected chi connectivity index (χ3v) is 2.35. The maximum Gasteiger partial charge on any atom is 0.258 e. The highest BCUT2D eigenvalue weighted by atomic mass is 16.5. The van der Waals surface area contributed by atoms with Gasteiger partial charge in [-0.25, -0.2) is 0 Å². The van der Waals surface area contributed by atoms with Gasteiger partial charge in [0.2, 0.25) is 0 Å². The van der Waals surface area contributed by atoms with Gasteiger partial charge in [-0.3, -0.25) is 4.79 Å². The molecule has 0 heterocycles. The topological polar surface area (TPSA) is 62.1 Å². The second-order valence-electron chi connectivity index (χ2n) is 3.81. The Morgan fingerprint density at radius 2 is 2.35 bits per heavy atom. The van der Waals surface area contributed by atoms with Crippen LogP contribution in [0.1, 0.15) is 25.8 Å². The van der Waals surface area contributed by atoms with Gasteiger partial charge in [0, 0.05) is 6.04 Å². The van der Waals surface area contributed by atoms with Crippen molar-refractivity contribution in [2.24, 2.45) is 0 Å². The molecule has 1 rings (SSSR count). The lowest BCUT2D eigenvalue weighted by Gasteiger charge is -2.12. The number of carbonyl (C=O) groups is 1. The Balaban J connectivity index is 2.45. The van der Waals surface area contributed by atoms with Crippen molar-refractivity contribution in [2.75, 3.05) is 6.61 Å². The Bertz CT molecular complexity index is 424. The number of amides is 1. The second kappa shape index (κ2) is 6.54. The summed E-state index contributed by atoms with van der Waals surface area (Å²) in [5, 5.41) is 11.5. The zero-order valence-electron chi connectivity index (χ0n) is 10.1. The van der Waals surface area contributed by atoms with Gasteiger partial charge in [0.25, 0.3) is 5.91 Å². The maximum atomic E-state index is 11.4. The largest absolute Gasteiger partial charge is 0.484 e. The molecule has 0 bridgehead atoms. The summed E-state index contributed by atoms with van der Waals surface area (Å²) in [5.41, 5.74) is 0.518. The number of nitrogens with one attached hydrogen (secondary N) is 1. The van der Waals surface area contributed by atoms with E-state index in [-0.39, 0.29) is 18.6 Å². The lowest BCUT2D eigenvalue weighted by Crippen LogP contribution is -2.35. The third kappa shape index (κ3) is 4.56. The number of carbonyl (C=O) groups excluding carboxylic acids is 1. The molecular formula is C13H16N2O2. The maximum absolute atomic E-state index is 11.4. The van der Waals surface area contributed by atoms with Crippen molar-refractivity contribution < 1.29 is 9.53 Å². The summed E-state index contributed by atoms with van der Waals surface area (Å²) in [6.45, 7) is 3.91. The number of hydrogen-bond donors (Lipinski definition) is 1. The lowest BCUT2D eigenvalue weighted by molar-refractivity contribution is -0.123. The number of rotatable bonds is 5. The molecule has 90 valence electrons. The lowest BCUT2D eigenvalue weighted by atomic mass is 10.2. The van der Waals surface area contributed by atoms with Crippen LogP contribution < -0.4 is 10.1 Å². The van der Waals surface area contributed by atoms with Crippen LogP contribution in [-0.2, 0) is 4.79 Å². The van der Waals surface area contributed by atoms with Gasteiger partial charge < -0.3 is 10.1 Å². The van der Waals surface area contributed by atoms with Gasteiger partial charge in [-0.05, 0) is 31.5 Å². The van der Waals surface area contributed by atoms with E-state index in [2.05, 4.69) is 5.32 Å². The molecular weight excluding hydrogens is 216 g/mol. The van der Waals surface area contributed by atoms with E-state index in [0.29, 0.717) is 11.3 Å². The van der Waals surface area contributed by atoms with Crippen LogP contribution in [0.4, 0.5) is 0 Å². The minimum absolute atomic E-state index is 0.0285. The number of ether oxygens (including phenoxy) is 1. The standard InChI is InChI=1S/C13H16N2O2/c1-3-10(2)15-13(16)9-17-12-6-4-5-11(7-12)8-14/h4-7,10H,3,9H2,1-2H3,(H,15,16). The highest BCUT2D eigenvalue weighted by Gasteiger charge is 2.06. The van der Waals surface area contributed by atoms with Crippen molar-refractivity contribution in [1.82, 2.24) is 5.32 Å². The van der Waals surface area contributed by atoms with E-state index < -0.39 is 0 Å². The van der Waals surface area contributed by atoms with E-state index in [4.69, 9.17) is 10.00 Å². The van der Waals surface area contributed by atoms with Crippen molar-refractivity contribution in [1.29, 1.82) is 5.26 Å². The van der Waals surface area contributed by atoms with Crippen molar-refractivity contribution in [3.8, 4) is 11.8 Å². The molecule has 1 unspecified atom stereocenters. The molecule has 1 amide bonds. The van der Waals surface area contributed by atoms with Gasteiger partial charge in [0.15, 0.2) is 6.61 Å². The molecule has 1 aromatic carbocycles. The van der Waals surface area contributed by atoms with E-state index in [0.717, 1.165) is 6.42 Å². The zero-order chi connectivity index (χ0) is 12.7. The first-order chi connectivity index (χ1) is 8.15. The highest BCUT2D eigenvalue weighted by Crippen LogP contribution is 2.12. The van der Waals surface area contributed by atoms with Crippen molar-refractivity contribution >= 4 is 5.91 Å². The van der Waals surface area contributed by atoms with Gasteiger partial charge in [-0.1, -0.05) is 13.0 Å². The normalized spacial score (nSPS) is 11.4. The van der Waals surface area contributed by atoms with E-state index in [9.17, 15) is 4.79 Å². The molecule has 0 aliphatic rings. The Labute approximate surface area is 101 Å².